The molecule has 0 spiro atoms. The fraction of sp³-hybridized carbons (Fsp3) is 0.467. The molecular formula is C30H40N4O6. The summed E-state index contributed by atoms with van der Waals surface area (Å²) in [7, 11) is 0. The second kappa shape index (κ2) is 12.8. The van der Waals surface area contributed by atoms with Gasteiger partial charge in [-0.25, -0.2) is 9.59 Å². The molecule has 0 unspecified atom stereocenters. The van der Waals surface area contributed by atoms with Crippen LogP contribution in [0.1, 0.15) is 67.2 Å². The maximum Gasteiger partial charge on any atom is 0.412 e. The van der Waals surface area contributed by atoms with Crippen molar-refractivity contribution in [2.75, 3.05) is 21.3 Å². The lowest BCUT2D eigenvalue weighted by Gasteiger charge is -2.27. The lowest BCUT2D eigenvalue weighted by Crippen LogP contribution is -2.32. The molecule has 4 amide bonds. The standard InChI is InChI=1S/C30H40N4O6/c1-29(2,3)39-27(37)33-23-15-11-21(12-16-23)31-25(35)19-7-9-20(10-8-19)26(36)32-22-13-17-24(18-14-22)34-28(38)40-30(4,5)6/h11-20H,7-10H2,1-6H3,(H,31,35)(H,32,36)(H,33,37)(H,34,38). The van der Waals surface area contributed by atoms with Gasteiger partial charge in [0.15, 0.2) is 0 Å². The molecule has 1 saturated carbocycles. The van der Waals surface area contributed by atoms with Gasteiger partial charge in [-0.3, -0.25) is 20.2 Å². The van der Waals surface area contributed by atoms with E-state index in [9.17, 15) is 19.2 Å². The molecule has 0 heterocycles. The number of carbonyl (C=O) groups is 4. The number of benzene rings is 2. The Hall–Kier alpha value is -4.08. The van der Waals surface area contributed by atoms with E-state index in [0.717, 1.165) is 0 Å². The molecule has 0 saturated heterocycles. The highest BCUT2D eigenvalue weighted by Crippen LogP contribution is 2.31. The Labute approximate surface area is 235 Å². The van der Waals surface area contributed by atoms with E-state index in [1.165, 1.54) is 0 Å². The van der Waals surface area contributed by atoms with E-state index in [0.29, 0.717) is 48.4 Å². The van der Waals surface area contributed by atoms with Gasteiger partial charge in [0.2, 0.25) is 11.8 Å². The van der Waals surface area contributed by atoms with E-state index < -0.39 is 23.4 Å². The Morgan fingerprint density at radius 1 is 0.525 bits per heavy atom. The fourth-order valence-corrected chi connectivity index (χ4v) is 4.22. The van der Waals surface area contributed by atoms with Crippen molar-refractivity contribution in [3.05, 3.63) is 48.5 Å². The number of hydrogen-bond acceptors (Lipinski definition) is 6. The van der Waals surface area contributed by atoms with Crippen LogP contribution >= 0.6 is 0 Å². The molecule has 1 aliphatic carbocycles. The monoisotopic (exact) mass is 552 g/mol. The summed E-state index contributed by atoms with van der Waals surface area (Å²) in [4.78, 5) is 49.4. The maximum atomic E-state index is 12.8. The highest BCUT2D eigenvalue weighted by atomic mass is 16.6. The summed E-state index contributed by atoms with van der Waals surface area (Å²) in [6, 6.07) is 13.7. The van der Waals surface area contributed by atoms with Crippen LogP contribution in [-0.4, -0.2) is 35.2 Å². The molecule has 1 aliphatic rings. The summed E-state index contributed by atoms with van der Waals surface area (Å²) < 4.78 is 10.5. The van der Waals surface area contributed by atoms with Crippen LogP contribution in [0.15, 0.2) is 48.5 Å². The van der Waals surface area contributed by atoms with E-state index in [-0.39, 0.29) is 23.7 Å². The molecular weight excluding hydrogens is 512 g/mol. The minimum Gasteiger partial charge on any atom is -0.444 e. The van der Waals surface area contributed by atoms with E-state index in [1.54, 1.807) is 90.1 Å². The van der Waals surface area contributed by atoms with Crippen LogP contribution in [0.3, 0.4) is 0 Å². The molecule has 216 valence electrons. The van der Waals surface area contributed by atoms with Gasteiger partial charge in [0, 0.05) is 34.6 Å². The van der Waals surface area contributed by atoms with Crippen molar-refractivity contribution in [1.82, 2.24) is 0 Å². The first-order valence-corrected chi connectivity index (χ1v) is 13.5. The third-order valence-electron chi connectivity index (χ3n) is 6.06. The Bertz CT molecular complexity index is 1090. The van der Waals surface area contributed by atoms with Gasteiger partial charge >= 0.3 is 12.2 Å². The van der Waals surface area contributed by atoms with Crippen molar-refractivity contribution >= 4 is 46.8 Å². The van der Waals surface area contributed by atoms with Gasteiger partial charge in [0.1, 0.15) is 11.2 Å². The molecule has 0 atom stereocenters. The van der Waals surface area contributed by atoms with E-state index in [4.69, 9.17) is 9.47 Å². The molecule has 4 N–H and O–H groups in total. The zero-order valence-corrected chi connectivity index (χ0v) is 24.1. The topological polar surface area (TPSA) is 135 Å². The maximum absolute atomic E-state index is 12.8. The SMILES string of the molecule is CC(C)(C)OC(=O)Nc1ccc(NC(=O)C2CCC(C(=O)Nc3ccc(NC(=O)OC(C)(C)C)cc3)CC2)cc1. The van der Waals surface area contributed by atoms with Crippen molar-refractivity contribution in [3.63, 3.8) is 0 Å². The Kier molecular flexibility index (Phi) is 9.78. The van der Waals surface area contributed by atoms with Crippen molar-refractivity contribution in [2.45, 2.75) is 78.4 Å². The zero-order valence-electron chi connectivity index (χ0n) is 24.1. The second-order valence-corrected chi connectivity index (χ2v) is 11.9. The summed E-state index contributed by atoms with van der Waals surface area (Å²) in [5.74, 6) is -0.525. The average molecular weight is 553 g/mol. The molecule has 3 rings (SSSR count). The number of rotatable bonds is 6. The first kappa shape index (κ1) is 30.5. The minimum absolute atomic E-state index is 0.0835. The third kappa shape index (κ3) is 10.2. The van der Waals surface area contributed by atoms with Crippen molar-refractivity contribution < 1.29 is 28.7 Å². The van der Waals surface area contributed by atoms with Gasteiger partial charge in [-0.15, -0.1) is 0 Å². The van der Waals surface area contributed by atoms with Gasteiger partial charge in [-0.2, -0.15) is 0 Å². The van der Waals surface area contributed by atoms with Gasteiger partial charge in [0.05, 0.1) is 0 Å². The molecule has 0 radical (unpaired) electrons. The zero-order chi connectivity index (χ0) is 29.5. The molecule has 1 fully saturated rings. The van der Waals surface area contributed by atoms with E-state index in [1.807, 2.05) is 0 Å². The number of ether oxygens (including phenoxy) is 2. The smallest absolute Gasteiger partial charge is 0.412 e. The van der Waals surface area contributed by atoms with Crippen LogP contribution in [0.4, 0.5) is 32.3 Å². The van der Waals surface area contributed by atoms with Crippen molar-refractivity contribution in [1.29, 1.82) is 0 Å². The van der Waals surface area contributed by atoms with Crippen molar-refractivity contribution in [2.24, 2.45) is 11.8 Å². The Balaban J connectivity index is 1.42. The number of anilines is 4. The van der Waals surface area contributed by atoms with Crippen LogP contribution in [0.5, 0.6) is 0 Å². The summed E-state index contributed by atoms with van der Waals surface area (Å²) in [6.45, 7) is 10.7. The Morgan fingerprint density at radius 3 is 1.02 bits per heavy atom. The van der Waals surface area contributed by atoms with Crippen LogP contribution in [0.25, 0.3) is 0 Å². The molecule has 0 aliphatic heterocycles. The number of amides is 4. The van der Waals surface area contributed by atoms with Crippen LogP contribution < -0.4 is 21.3 Å². The number of carbonyl (C=O) groups excluding carboxylic acids is 4. The highest BCUT2D eigenvalue weighted by molar-refractivity contribution is 5.95. The molecule has 10 nitrogen and oxygen atoms in total. The summed E-state index contributed by atoms with van der Waals surface area (Å²) >= 11 is 0. The highest BCUT2D eigenvalue weighted by Gasteiger charge is 2.30. The third-order valence-corrected chi connectivity index (χ3v) is 6.06. The minimum atomic E-state index is -0.592. The first-order chi connectivity index (χ1) is 18.7. The van der Waals surface area contributed by atoms with Crippen molar-refractivity contribution in [3.8, 4) is 0 Å². The molecule has 40 heavy (non-hydrogen) atoms. The van der Waals surface area contributed by atoms with Crippen LogP contribution in [0, 0.1) is 11.8 Å². The normalized spacial score (nSPS) is 17.2. The van der Waals surface area contributed by atoms with Crippen LogP contribution in [0.2, 0.25) is 0 Å². The average Bonchev–Trinajstić information content (AvgIpc) is 2.84. The lowest BCUT2D eigenvalue weighted by atomic mass is 9.81. The quantitative estimate of drug-likeness (QED) is 0.313. The molecule has 2 aromatic rings. The predicted octanol–water partition coefficient (Wildman–Crippen LogP) is 6.76. The largest absolute Gasteiger partial charge is 0.444 e. The number of hydrogen-bond donors (Lipinski definition) is 4. The fourth-order valence-electron chi connectivity index (χ4n) is 4.22. The predicted molar refractivity (Wildman–Crippen MR) is 155 cm³/mol. The summed E-state index contributed by atoms with van der Waals surface area (Å²) in [6.07, 6.45) is 1.36. The molecule has 0 aromatic heterocycles. The second-order valence-electron chi connectivity index (χ2n) is 11.9. The Morgan fingerprint density at radius 2 is 0.775 bits per heavy atom. The van der Waals surface area contributed by atoms with Gasteiger partial charge < -0.3 is 20.1 Å². The lowest BCUT2D eigenvalue weighted by molar-refractivity contribution is -0.125. The summed E-state index contributed by atoms with van der Waals surface area (Å²) in [5, 5.41) is 11.2. The van der Waals surface area contributed by atoms with Crippen LogP contribution in [-0.2, 0) is 19.1 Å². The van der Waals surface area contributed by atoms with Gasteiger partial charge in [-0.1, -0.05) is 0 Å². The number of nitrogens with one attached hydrogen (secondary N) is 4. The van der Waals surface area contributed by atoms with Gasteiger partial charge in [0.25, 0.3) is 0 Å². The van der Waals surface area contributed by atoms with E-state index in [2.05, 4.69) is 21.3 Å². The van der Waals surface area contributed by atoms with E-state index >= 15 is 0 Å². The van der Waals surface area contributed by atoms with Gasteiger partial charge in [-0.05, 0) is 116 Å². The summed E-state index contributed by atoms with van der Waals surface area (Å²) in [5.41, 5.74) is 1.20. The molecule has 10 heteroatoms. The first-order valence-electron chi connectivity index (χ1n) is 13.5. The molecule has 0 bridgehead atoms. The molecule has 2 aromatic carbocycles.